The third-order valence-electron chi connectivity index (χ3n) is 3.14. The first-order chi connectivity index (χ1) is 5.92. The highest BCUT2D eigenvalue weighted by molar-refractivity contribution is 4.83. The summed E-state index contributed by atoms with van der Waals surface area (Å²) in [7, 11) is 0. The second kappa shape index (κ2) is 3.75. The van der Waals surface area contributed by atoms with Gasteiger partial charge in [0.25, 0.3) is 0 Å². The summed E-state index contributed by atoms with van der Waals surface area (Å²) in [5.41, 5.74) is 0. The molecule has 0 aromatic heterocycles. The van der Waals surface area contributed by atoms with E-state index >= 15 is 0 Å². The van der Waals surface area contributed by atoms with Gasteiger partial charge >= 0.3 is 0 Å². The van der Waals surface area contributed by atoms with Crippen LogP contribution < -0.4 is 0 Å². The Hall–Kier alpha value is -0.0800. The summed E-state index contributed by atoms with van der Waals surface area (Å²) in [5, 5.41) is 2.24. The number of hydroxylamine groups is 2. The van der Waals surface area contributed by atoms with E-state index in [0.717, 1.165) is 25.1 Å². The molecule has 0 spiro atoms. The maximum absolute atomic E-state index is 5.67. The second-order valence-electron chi connectivity index (χ2n) is 4.05. The molecule has 1 saturated carbocycles. The van der Waals surface area contributed by atoms with Crippen LogP contribution in [0.4, 0.5) is 0 Å². The van der Waals surface area contributed by atoms with Gasteiger partial charge in [-0.25, -0.2) is 0 Å². The minimum atomic E-state index is 0.763. The van der Waals surface area contributed by atoms with Gasteiger partial charge in [-0.3, -0.25) is 4.84 Å². The molecular formula is C10H19NO. The van der Waals surface area contributed by atoms with E-state index < -0.39 is 0 Å². The van der Waals surface area contributed by atoms with E-state index in [1.807, 2.05) is 0 Å². The molecule has 0 bridgehead atoms. The van der Waals surface area contributed by atoms with E-state index in [-0.39, 0.29) is 0 Å². The maximum atomic E-state index is 5.67. The highest BCUT2D eigenvalue weighted by Gasteiger charge is 2.36. The van der Waals surface area contributed by atoms with Crippen molar-refractivity contribution < 1.29 is 4.84 Å². The van der Waals surface area contributed by atoms with E-state index in [1.54, 1.807) is 0 Å². The Labute approximate surface area is 74.8 Å². The normalized spacial score (nSPS) is 36.8. The Morgan fingerprint density at radius 2 is 2.17 bits per heavy atom. The van der Waals surface area contributed by atoms with Crippen molar-refractivity contribution in [1.29, 1.82) is 0 Å². The number of hydrogen-bond donors (Lipinski definition) is 0. The van der Waals surface area contributed by atoms with Crippen LogP contribution in [-0.4, -0.2) is 24.3 Å². The SMILES string of the molecule is CCCN1OCC2CCCCC21. The summed E-state index contributed by atoms with van der Waals surface area (Å²) in [6, 6.07) is 0.763. The predicted octanol–water partition coefficient (Wildman–Crippen LogP) is 2.20. The van der Waals surface area contributed by atoms with Gasteiger partial charge in [-0.05, 0) is 19.3 Å². The van der Waals surface area contributed by atoms with Crippen LogP contribution in [0.1, 0.15) is 39.0 Å². The zero-order chi connectivity index (χ0) is 8.39. The number of rotatable bonds is 2. The zero-order valence-electron chi connectivity index (χ0n) is 7.96. The fraction of sp³-hybridized carbons (Fsp3) is 1.00. The average Bonchev–Trinajstić information content (AvgIpc) is 2.50. The molecule has 0 aromatic carbocycles. The second-order valence-corrected chi connectivity index (χ2v) is 4.05. The van der Waals surface area contributed by atoms with E-state index in [0.29, 0.717) is 0 Å². The van der Waals surface area contributed by atoms with Crippen LogP contribution in [0.5, 0.6) is 0 Å². The van der Waals surface area contributed by atoms with Crippen molar-refractivity contribution in [2.75, 3.05) is 13.2 Å². The summed E-state index contributed by atoms with van der Waals surface area (Å²) >= 11 is 0. The Balaban J connectivity index is 1.92. The summed E-state index contributed by atoms with van der Waals surface area (Å²) in [6.07, 6.45) is 6.80. The molecule has 1 heterocycles. The van der Waals surface area contributed by atoms with E-state index in [2.05, 4.69) is 12.0 Å². The lowest BCUT2D eigenvalue weighted by Gasteiger charge is -2.28. The molecule has 70 valence electrons. The molecule has 0 aromatic rings. The Bertz CT molecular complexity index is 149. The van der Waals surface area contributed by atoms with Crippen LogP contribution in [0.15, 0.2) is 0 Å². The third-order valence-corrected chi connectivity index (χ3v) is 3.14. The molecule has 1 aliphatic carbocycles. The summed E-state index contributed by atoms with van der Waals surface area (Å²) in [4.78, 5) is 5.67. The van der Waals surface area contributed by atoms with Crippen molar-refractivity contribution in [1.82, 2.24) is 5.06 Å². The minimum absolute atomic E-state index is 0.763. The lowest BCUT2D eigenvalue weighted by Crippen LogP contribution is -2.34. The monoisotopic (exact) mass is 169 g/mol. The average molecular weight is 169 g/mol. The van der Waals surface area contributed by atoms with Gasteiger partial charge in [0, 0.05) is 18.5 Å². The lowest BCUT2D eigenvalue weighted by atomic mass is 9.86. The van der Waals surface area contributed by atoms with Crippen molar-refractivity contribution in [3.63, 3.8) is 0 Å². The number of hydrogen-bond acceptors (Lipinski definition) is 2. The van der Waals surface area contributed by atoms with Crippen molar-refractivity contribution in [3.8, 4) is 0 Å². The van der Waals surface area contributed by atoms with Gasteiger partial charge in [0.15, 0.2) is 0 Å². The summed E-state index contributed by atoms with van der Waals surface area (Å²) < 4.78 is 0. The van der Waals surface area contributed by atoms with Crippen LogP contribution in [0, 0.1) is 5.92 Å². The highest BCUT2D eigenvalue weighted by atomic mass is 16.7. The first-order valence-corrected chi connectivity index (χ1v) is 5.31. The lowest BCUT2D eigenvalue weighted by molar-refractivity contribution is -0.133. The van der Waals surface area contributed by atoms with Crippen LogP contribution in [0.3, 0.4) is 0 Å². The summed E-state index contributed by atoms with van der Waals surface area (Å²) in [6.45, 7) is 4.34. The largest absolute Gasteiger partial charge is 0.298 e. The van der Waals surface area contributed by atoms with Crippen LogP contribution >= 0.6 is 0 Å². The molecule has 2 rings (SSSR count). The van der Waals surface area contributed by atoms with Gasteiger partial charge in [-0.2, -0.15) is 5.06 Å². The molecule has 2 aliphatic rings. The van der Waals surface area contributed by atoms with Gasteiger partial charge < -0.3 is 0 Å². The van der Waals surface area contributed by atoms with Crippen molar-refractivity contribution >= 4 is 0 Å². The fourth-order valence-corrected chi connectivity index (χ4v) is 2.50. The minimum Gasteiger partial charge on any atom is -0.298 e. The predicted molar refractivity (Wildman–Crippen MR) is 48.7 cm³/mol. The molecule has 0 amide bonds. The van der Waals surface area contributed by atoms with Gasteiger partial charge in [0.05, 0.1) is 6.61 Å². The van der Waals surface area contributed by atoms with Crippen LogP contribution in [0.25, 0.3) is 0 Å². The molecule has 0 radical (unpaired) electrons. The van der Waals surface area contributed by atoms with Gasteiger partial charge in [0.2, 0.25) is 0 Å². The molecule has 1 aliphatic heterocycles. The molecule has 12 heavy (non-hydrogen) atoms. The van der Waals surface area contributed by atoms with Gasteiger partial charge in [-0.1, -0.05) is 19.8 Å². The molecule has 2 heteroatoms. The first kappa shape index (κ1) is 8.52. The van der Waals surface area contributed by atoms with Crippen molar-refractivity contribution in [2.45, 2.75) is 45.1 Å². The van der Waals surface area contributed by atoms with Gasteiger partial charge in [0.1, 0.15) is 0 Å². The molecule has 2 unspecified atom stereocenters. The van der Waals surface area contributed by atoms with E-state index in [4.69, 9.17) is 4.84 Å². The van der Waals surface area contributed by atoms with E-state index in [9.17, 15) is 0 Å². The van der Waals surface area contributed by atoms with E-state index in [1.165, 1.54) is 32.1 Å². The van der Waals surface area contributed by atoms with Crippen molar-refractivity contribution in [3.05, 3.63) is 0 Å². The topological polar surface area (TPSA) is 12.5 Å². The fourth-order valence-electron chi connectivity index (χ4n) is 2.50. The molecule has 1 saturated heterocycles. The quantitative estimate of drug-likeness (QED) is 0.628. The summed E-state index contributed by atoms with van der Waals surface area (Å²) in [5.74, 6) is 0.852. The molecule has 0 N–H and O–H groups in total. The third kappa shape index (κ3) is 1.50. The highest BCUT2D eigenvalue weighted by Crippen LogP contribution is 2.33. The zero-order valence-corrected chi connectivity index (χ0v) is 7.96. The number of fused-ring (bicyclic) bond motifs is 1. The molecule has 2 atom stereocenters. The Morgan fingerprint density at radius 3 is 3.00 bits per heavy atom. The molecular weight excluding hydrogens is 150 g/mol. The van der Waals surface area contributed by atoms with Gasteiger partial charge in [-0.15, -0.1) is 0 Å². The Kier molecular flexibility index (Phi) is 2.66. The molecule has 2 fully saturated rings. The standard InChI is InChI=1S/C10H19NO/c1-2-7-11-10-6-4-3-5-9(10)8-12-11/h9-10H,2-8H2,1H3. The number of nitrogens with zero attached hydrogens (tertiary/aromatic N) is 1. The smallest absolute Gasteiger partial charge is 0.0729 e. The van der Waals surface area contributed by atoms with Crippen molar-refractivity contribution in [2.24, 2.45) is 5.92 Å². The van der Waals surface area contributed by atoms with Crippen LogP contribution in [0.2, 0.25) is 0 Å². The van der Waals surface area contributed by atoms with Crippen LogP contribution in [-0.2, 0) is 4.84 Å². The first-order valence-electron chi connectivity index (χ1n) is 5.31. The maximum Gasteiger partial charge on any atom is 0.0729 e. The molecule has 2 nitrogen and oxygen atoms in total. The Morgan fingerprint density at radius 1 is 1.33 bits per heavy atom.